The topological polar surface area (TPSA) is 123 Å². The van der Waals surface area contributed by atoms with Crippen LogP contribution in [0.4, 0.5) is 5.82 Å². The molecule has 140 valence electrons. The molecule has 1 aliphatic rings. The maximum atomic E-state index is 12.4. The molecule has 1 aromatic carbocycles. The van der Waals surface area contributed by atoms with Crippen molar-refractivity contribution in [2.45, 2.75) is 6.54 Å². The summed E-state index contributed by atoms with van der Waals surface area (Å²) in [7, 11) is 0. The highest BCUT2D eigenvalue weighted by Gasteiger charge is 2.31. The molecule has 9 heteroatoms. The lowest BCUT2D eigenvalue weighted by Crippen LogP contribution is -2.24. The van der Waals surface area contributed by atoms with Gasteiger partial charge in [0.1, 0.15) is 5.82 Å². The van der Waals surface area contributed by atoms with Gasteiger partial charge in [0.15, 0.2) is 0 Å². The van der Waals surface area contributed by atoms with E-state index in [1.165, 1.54) is 0 Å². The number of rotatable bonds is 4. The molecule has 0 saturated carbocycles. The lowest BCUT2D eigenvalue weighted by molar-refractivity contribution is 0.0878. The van der Waals surface area contributed by atoms with E-state index in [0.717, 1.165) is 15.5 Å². The van der Waals surface area contributed by atoms with Crippen LogP contribution in [0.3, 0.4) is 0 Å². The molecular weight excluding hydrogens is 380 g/mol. The van der Waals surface area contributed by atoms with Gasteiger partial charge in [-0.05, 0) is 35.7 Å². The summed E-state index contributed by atoms with van der Waals surface area (Å²) in [5.41, 5.74) is 6.19. The second-order valence-electron chi connectivity index (χ2n) is 6.08. The van der Waals surface area contributed by atoms with Crippen molar-refractivity contribution >= 4 is 34.9 Å². The van der Waals surface area contributed by atoms with E-state index in [1.54, 1.807) is 35.6 Å². The smallest absolute Gasteiger partial charge is 0.262 e. The lowest BCUT2D eigenvalue weighted by atomic mass is 10.1. The standard InChI is InChI=1S/C19H14N4O4S/c20-16-15-13(18(26)22-19(15)27)8-14(24)23(16)11-5-3-10(4-6-11)17(25)21-9-12-2-1-7-28-12/h1-8H,9,20H2,(H,21,25)(H,22,26,27). The highest BCUT2D eigenvalue weighted by Crippen LogP contribution is 2.23. The second-order valence-corrected chi connectivity index (χ2v) is 7.12. The normalized spacial score (nSPS) is 12.6. The van der Waals surface area contributed by atoms with Crippen molar-refractivity contribution in [1.82, 2.24) is 15.2 Å². The number of anilines is 1. The average Bonchev–Trinajstić information content (AvgIpc) is 3.28. The molecule has 28 heavy (non-hydrogen) atoms. The molecule has 0 fully saturated rings. The first-order chi connectivity index (χ1) is 13.5. The molecule has 3 heterocycles. The Morgan fingerprint density at radius 1 is 1.11 bits per heavy atom. The van der Waals surface area contributed by atoms with Gasteiger partial charge in [-0.1, -0.05) is 6.07 Å². The number of nitrogens with one attached hydrogen (secondary N) is 2. The van der Waals surface area contributed by atoms with Crippen molar-refractivity contribution in [3.8, 4) is 5.69 Å². The van der Waals surface area contributed by atoms with Crippen LogP contribution in [0.2, 0.25) is 0 Å². The maximum Gasteiger partial charge on any atom is 0.262 e. The molecule has 1 aliphatic heterocycles. The molecule has 4 N–H and O–H groups in total. The maximum absolute atomic E-state index is 12.4. The molecule has 0 radical (unpaired) electrons. The van der Waals surface area contributed by atoms with Gasteiger partial charge < -0.3 is 11.1 Å². The summed E-state index contributed by atoms with van der Waals surface area (Å²) in [5, 5.41) is 6.87. The van der Waals surface area contributed by atoms with Crippen LogP contribution in [-0.4, -0.2) is 22.3 Å². The van der Waals surface area contributed by atoms with E-state index >= 15 is 0 Å². The number of nitrogen functional groups attached to an aromatic ring is 1. The minimum Gasteiger partial charge on any atom is -0.384 e. The quantitative estimate of drug-likeness (QED) is 0.576. The molecular formula is C19H14N4O4S. The average molecular weight is 394 g/mol. The summed E-state index contributed by atoms with van der Waals surface area (Å²) in [4.78, 5) is 49.4. The lowest BCUT2D eigenvalue weighted by Gasteiger charge is -2.12. The van der Waals surface area contributed by atoms with Crippen LogP contribution in [-0.2, 0) is 6.54 Å². The summed E-state index contributed by atoms with van der Waals surface area (Å²) in [6.45, 7) is 0.429. The molecule has 2 aromatic heterocycles. The molecule has 0 atom stereocenters. The molecule has 0 saturated heterocycles. The minimum absolute atomic E-state index is 0.0256. The molecule has 3 amide bonds. The zero-order valence-corrected chi connectivity index (χ0v) is 15.2. The number of carbonyl (C=O) groups excluding carboxylic acids is 3. The molecule has 3 aromatic rings. The number of amides is 3. The Morgan fingerprint density at radius 3 is 2.54 bits per heavy atom. The third kappa shape index (κ3) is 2.97. The summed E-state index contributed by atoms with van der Waals surface area (Å²) < 4.78 is 1.13. The van der Waals surface area contributed by atoms with E-state index in [2.05, 4.69) is 10.6 Å². The Balaban J connectivity index is 1.62. The number of benzene rings is 1. The number of aromatic nitrogens is 1. The van der Waals surface area contributed by atoms with Gasteiger partial charge >= 0.3 is 0 Å². The van der Waals surface area contributed by atoms with Crippen LogP contribution >= 0.6 is 11.3 Å². The first-order valence-electron chi connectivity index (χ1n) is 8.28. The van der Waals surface area contributed by atoms with Crippen molar-refractivity contribution in [2.24, 2.45) is 0 Å². The van der Waals surface area contributed by atoms with Crippen LogP contribution in [0.15, 0.2) is 52.6 Å². The predicted octanol–water partition coefficient (Wildman–Crippen LogP) is 1.29. The van der Waals surface area contributed by atoms with Gasteiger partial charge in [-0.15, -0.1) is 11.3 Å². The highest BCUT2D eigenvalue weighted by atomic mass is 32.1. The van der Waals surface area contributed by atoms with E-state index in [1.807, 2.05) is 17.5 Å². The number of pyridine rings is 1. The molecule has 0 spiro atoms. The van der Waals surface area contributed by atoms with Crippen LogP contribution in [0.1, 0.15) is 36.0 Å². The van der Waals surface area contributed by atoms with E-state index in [-0.39, 0.29) is 22.9 Å². The van der Waals surface area contributed by atoms with Crippen molar-refractivity contribution in [2.75, 3.05) is 5.73 Å². The Bertz CT molecular complexity index is 1160. The monoisotopic (exact) mass is 394 g/mol. The fourth-order valence-electron chi connectivity index (χ4n) is 2.99. The number of nitrogens with zero attached hydrogens (tertiary/aromatic N) is 1. The van der Waals surface area contributed by atoms with Gasteiger partial charge in [-0.3, -0.25) is 29.1 Å². The first kappa shape index (κ1) is 17.7. The Kier molecular flexibility index (Phi) is 4.28. The number of hydrogen-bond donors (Lipinski definition) is 3. The number of hydrogen-bond acceptors (Lipinski definition) is 6. The third-order valence-corrected chi connectivity index (χ3v) is 5.22. The SMILES string of the molecule is Nc1c2c(cc(=O)n1-c1ccc(C(=O)NCc3cccs3)cc1)C(=O)NC2=O. The minimum atomic E-state index is -0.645. The Labute approximate surface area is 162 Å². The molecule has 4 rings (SSSR count). The van der Waals surface area contributed by atoms with Crippen LogP contribution in [0.25, 0.3) is 5.69 Å². The van der Waals surface area contributed by atoms with Crippen LogP contribution in [0.5, 0.6) is 0 Å². The van der Waals surface area contributed by atoms with Crippen LogP contribution < -0.4 is 21.9 Å². The summed E-state index contributed by atoms with van der Waals surface area (Å²) in [5.74, 6) is -1.66. The van der Waals surface area contributed by atoms with Crippen molar-refractivity contribution in [1.29, 1.82) is 0 Å². The van der Waals surface area contributed by atoms with Crippen molar-refractivity contribution < 1.29 is 14.4 Å². The van der Waals surface area contributed by atoms with E-state index < -0.39 is 17.4 Å². The zero-order chi connectivity index (χ0) is 19.8. The molecule has 0 unspecified atom stereocenters. The Hall–Kier alpha value is -3.72. The van der Waals surface area contributed by atoms with Gasteiger partial charge in [0.25, 0.3) is 23.3 Å². The van der Waals surface area contributed by atoms with Gasteiger partial charge in [0, 0.05) is 16.5 Å². The number of imide groups is 1. The summed E-state index contributed by atoms with van der Waals surface area (Å²) >= 11 is 1.55. The van der Waals surface area contributed by atoms with Gasteiger partial charge in [0.05, 0.1) is 23.4 Å². The number of thiophene rings is 1. The Morgan fingerprint density at radius 2 is 1.86 bits per heavy atom. The van der Waals surface area contributed by atoms with E-state index in [4.69, 9.17) is 5.73 Å². The largest absolute Gasteiger partial charge is 0.384 e. The molecule has 0 bridgehead atoms. The zero-order valence-electron chi connectivity index (χ0n) is 14.4. The molecule has 8 nitrogen and oxygen atoms in total. The van der Waals surface area contributed by atoms with Gasteiger partial charge in [-0.2, -0.15) is 0 Å². The fraction of sp³-hybridized carbons (Fsp3) is 0.0526. The van der Waals surface area contributed by atoms with Gasteiger partial charge in [0.2, 0.25) is 0 Å². The predicted molar refractivity (Wildman–Crippen MR) is 104 cm³/mol. The highest BCUT2D eigenvalue weighted by molar-refractivity contribution is 7.09. The van der Waals surface area contributed by atoms with E-state index in [9.17, 15) is 19.2 Å². The summed E-state index contributed by atoms with van der Waals surface area (Å²) in [6, 6.07) is 11.1. The first-order valence-corrected chi connectivity index (χ1v) is 9.16. The molecule has 0 aliphatic carbocycles. The van der Waals surface area contributed by atoms with Crippen LogP contribution in [0, 0.1) is 0 Å². The summed E-state index contributed by atoms with van der Waals surface area (Å²) in [6.07, 6.45) is 0. The van der Waals surface area contributed by atoms with E-state index in [0.29, 0.717) is 17.8 Å². The van der Waals surface area contributed by atoms with Crippen molar-refractivity contribution in [3.05, 3.63) is 79.8 Å². The third-order valence-electron chi connectivity index (χ3n) is 4.34. The number of carbonyl (C=O) groups is 3. The fourth-order valence-corrected chi connectivity index (χ4v) is 3.63. The second kappa shape index (κ2) is 6.78. The number of fused-ring (bicyclic) bond motifs is 1. The van der Waals surface area contributed by atoms with Gasteiger partial charge in [-0.25, -0.2) is 0 Å². The van der Waals surface area contributed by atoms with Crippen molar-refractivity contribution in [3.63, 3.8) is 0 Å². The number of nitrogens with two attached hydrogens (primary N) is 1.